The number of aryl methyl sites for hydroxylation is 1. The van der Waals surface area contributed by atoms with Crippen LogP contribution in [0.5, 0.6) is 0 Å². The molecule has 0 spiro atoms. The molecule has 4 nitrogen and oxygen atoms in total. The van der Waals surface area contributed by atoms with E-state index in [0.717, 1.165) is 12.8 Å². The number of aromatic carboxylic acids is 1. The Labute approximate surface area is 141 Å². The third-order valence-electron chi connectivity index (χ3n) is 3.79. The van der Waals surface area contributed by atoms with Crippen molar-refractivity contribution in [2.45, 2.75) is 46.0 Å². The number of para-hydroxylation sites is 1. The number of allylic oxidation sites excluding steroid dienone is 2. The fraction of sp³-hybridized carbons (Fsp3) is 0.368. The second-order valence-electron chi connectivity index (χ2n) is 5.61. The van der Waals surface area contributed by atoms with Gasteiger partial charge in [0.05, 0.1) is 11.4 Å². The van der Waals surface area contributed by atoms with Gasteiger partial charge >= 0.3 is 5.97 Å². The first kappa shape index (κ1) is 17.9. The summed E-state index contributed by atoms with van der Waals surface area (Å²) in [7, 11) is 0. The summed E-state index contributed by atoms with van der Waals surface area (Å²) in [5.74, 6) is -1.41. The molecule has 0 aliphatic rings. The molecule has 2 rings (SSSR count). The Balaban J connectivity index is 2.52. The maximum absolute atomic E-state index is 14.2. The first-order valence-electron chi connectivity index (χ1n) is 8.34. The molecule has 1 heterocycles. The number of hydrogen-bond donors (Lipinski definition) is 1. The Kier molecular flexibility index (Phi) is 6.29. The van der Waals surface area contributed by atoms with Gasteiger partial charge in [-0.25, -0.2) is 13.9 Å². The lowest BCUT2D eigenvalue weighted by Gasteiger charge is -2.08. The van der Waals surface area contributed by atoms with Crippen molar-refractivity contribution in [3.63, 3.8) is 0 Å². The molecule has 0 radical (unpaired) electrons. The molecule has 2 aromatic rings. The van der Waals surface area contributed by atoms with Crippen LogP contribution in [0.4, 0.5) is 4.39 Å². The fourth-order valence-corrected chi connectivity index (χ4v) is 2.72. The normalized spacial score (nSPS) is 11.3. The highest BCUT2D eigenvalue weighted by Gasteiger charge is 2.24. The van der Waals surface area contributed by atoms with E-state index < -0.39 is 11.8 Å². The second-order valence-corrected chi connectivity index (χ2v) is 5.61. The van der Waals surface area contributed by atoms with E-state index in [1.807, 2.05) is 26.0 Å². The van der Waals surface area contributed by atoms with Crippen LogP contribution in [0.15, 0.2) is 36.4 Å². The highest BCUT2D eigenvalue weighted by atomic mass is 19.1. The Hall–Kier alpha value is -2.43. The van der Waals surface area contributed by atoms with Gasteiger partial charge in [-0.15, -0.1) is 0 Å². The number of carbonyl (C=O) groups is 1. The highest BCUT2D eigenvalue weighted by molar-refractivity contribution is 5.90. The van der Waals surface area contributed by atoms with E-state index in [1.165, 1.54) is 10.7 Å². The van der Waals surface area contributed by atoms with E-state index in [9.17, 15) is 14.3 Å². The predicted molar refractivity (Wildman–Crippen MR) is 92.2 cm³/mol. The summed E-state index contributed by atoms with van der Waals surface area (Å²) < 4.78 is 15.6. The summed E-state index contributed by atoms with van der Waals surface area (Å²) in [4.78, 5) is 11.8. The minimum absolute atomic E-state index is 0.213. The molecule has 0 saturated carbocycles. The molecule has 0 amide bonds. The highest BCUT2D eigenvalue weighted by Crippen LogP contribution is 2.23. The molecule has 24 heavy (non-hydrogen) atoms. The zero-order valence-electron chi connectivity index (χ0n) is 14.1. The number of benzene rings is 1. The molecule has 0 unspecified atom stereocenters. The van der Waals surface area contributed by atoms with E-state index in [2.05, 4.69) is 5.10 Å². The lowest BCUT2D eigenvalue weighted by molar-refractivity contribution is 0.0694. The van der Waals surface area contributed by atoms with Crippen molar-refractivity contribution in [2.24, 2.45) is 0 Å². The molecule has 5 heteroatoms. The number of hydrogen-bond acceptors (Lipinski definition) is 2. The molecule has 1 aromatic carbocycles. The van der Waals surface area contributed by atoms with E-state index in [4.69, 9.17) is 0 Å². The third kappa shape index (κ3) is 3.91. The fourth-order valence-electron chi connectivity index (χ4n) is 2.72. The number of aromatic nitrogens is 2. The molecule has 0 aliphatic heterocycles. The summed E-state index contributed by atoms with van der Waals surface area (Å²) in [6.07, 6.45) is 7.54. The molecule has 0 bridgehead atoms. The topological polar surface area (TPSA) is 55.1 Å². The van der Waals surface area contributed by atoms with Crippen molar-refractivity contribution in [1.29, 1.82) is 0 Å². The number of halogens is 1. The average molecular weight is 330 g/mol. The summed E-state index contributed by atoms with van der Waals surface area (Å²) in [5, 5.41) is 14.1. The van der Waals surface area contributed by atoms with E-state index >= 15 is 0 Å². The van der Waals surface area contributed by atoms with Crippen LogP contribution in [-0.4, -0.2) is 20.9 Å². The average Bonchev–Trinajstić information content (AvgIpc) is 2.91. The van der Waals surface area contributed by atoms with Crippen LogP contribution in [0.1, 0.15) is 54.9 Å². The number of carboxylic acid groups (broad SMARTS) is 1. The van der Waals surface area contributed by atoms with Crippen LogP contribution < -0.4 is 0 Å². The van der Waals surface area contributed by atoms with Crippen LogP contribution in [-0.2, 0) is 12.8 Å². The Bertz CT molecular complexity index is 735. The second kappa shape index (κ2) is 8.43. The van der Waals surface area contributed by atoms with Gasteiger partial charge in [0.2, 0.25) is 0 Å². The minimum atomic E-state index is -1.00. The molecule has 0 atom stereocenters. The maximum atomic E-state index is 14.2. The van der Waals surface area contributed by atoms with Crippen LogP contribution >= 0.6 is 0 Å². The molecule has 1 N–H and O–H groups in total. The van der Waals surface area contributed by atoms with Crippen molar-refractivity contribution < 1.29 is 14.3 Å². The van der Waals surface area contributed by atoms with E-state index in [0.29, 0.717) is 36.3 Å². The van der Waals surface area contributed by atoms with Gasteiger partial charge < -0.3 is 5.11 Å². The van der Waals surface area contributed by atoms with Gasteiger partial charge in [-0.05, 0) is 37.8 Å². The summed E-state index contributed by atoms with van der Waals surface area (Å²) >= 11 is 0. The zero-order chi connectivity index (χ0) is 17.5. The van der Waals surface area contributed by atoms with Crippen LogP contribution in [0.3, 0.4) is 0 Å². The van der Waals surface area contributed by atoms with E-state index in [-0.39, 0.29) is 5.56 Å². The molecule has 0 fully saturated rings. The largest absolute Gasteiger partial charge is 0.478 e. The van der Waals surface area contributed by atoms with Crippen LogP contribution in [0.25, 0.3) is 5.69 Å². The first-order chi connectivity index (χ1) is 11.6. The van der Waals surface area contributed by atoms with Gasteiger partial charge in [-0.3, -0.25) is 0 Å². The minimum Gasteiger partial charge on any atom is -0.478 e. The third-order valence-corrected chi connectivity index (χ3v) is 3.79. The van der Waals surface area contributed by atoms with Gasteiger partial charge in [0, 0.05) is 0 Å². The quantitative estimate of drug-likeness (QED) is 0.722. The van der Waals surface area contributed by atoms with Crippen LogP contribution in [0, 0.1) is 5.82 Å². The first-order valence-corrected chi connectivity index (χ1v) is 8.34. The molecule has 1 aromatic heterocycles. The van der Waals surface area contributed by atoms with Gasteiger partial charge in [-0.1, -0.05) is 44.6 Å². The van der Waals surface area contributed by atoms with Crippen LogP contribution in [0.2, 0.25) is 0 Å². The molecule has 128 valence electrons. The van der Waals surface area contributed by atoms with Gasteiger partial charge in [0.15, 0.2) is 0 Å². The van der Waals surface area contributed by atoms with Gasteiger partial charge in [0.25, 0.3) is 0 Å². The van der Waals surface area contributed by atoms with Crippen molar-refractivity contribution in [3.8, 4) is 5.69 Å². The molecule has 0 aliphatic carbocycles. The summed E-state index contributed by atoms with van der Waals surface area (Å²) in [6, 6.07) is 6.31. The monoisotopic (exact) mass is 330 g/mol. The van der Waals surface area contributed by atoms with E-state index in [1.54, 1.807) is 18.2 Å². The number of carboxylic acids is 1. The van der Waals surface area contributed by atoms with Crippen molar-refractivity contribution in [3.05, 3.63) is 59.2 Å². The Morgan fingerprint density at radius 1 is 1.25 bits per heavy atom. The summed E-state index contributed by atoms with van der Waals surface area (Å²) in [5.41, 5.74) is 1.57. The Morgan fingerprint density at radius 3 is 2.62 bits per heavy atom. The lowest BCUT2D eigenvalue weighted by atomic mass is 10.1. The predicted octanol–water partition coefficient (Wildman–Crippen LogP) is 4.56. The smallest absolute Gasteiger partial charge is 0.339 e. The van der Waals surface area contributed by atoms with Crippen molar-refractivity contribution in [1.82, 2.24) is 9.78 Å². The SMILES string of the molecule is CCC=CCCc1nn(-c2ccccc2F)c(CCC)c1C(=O)O. The van der Waals surface area contributed by atoms with Crippen molar-refractivity contribution in [2.75, 3.05) is 0 Å². The standard InChI is InChI=1S/C19H23FN2O2/c1-3-5-6-7-12-15-18(19(23)24)17(10-4-2)22(21-15)16-13-9-8-11-14(16)20/h5-6,8-9,11,13H,3-4,7,10,12H2,1-2H3,(H,23,24). The lowest BCUT2D eigenvalue weighted by Crippen LogP contribution is -2.08. The molecule has 0 saturated heterocycles. The van der Waals surface area contributed by atoms with Gasteiger partial charge in [0.1, 0.15) is 17.1 Å². The maximum Gasteiger partial charge on any atom is 0.339 e. The molecular formula is C19H23FN2O2. The zero-order valence-corrected chi connectivity index (χ0v) is 14.1. The van der Waals surface area contributed by atoms with Crippen molar-refractivity contribution >= 4 is 5.97 Å². The number of rotatable bonds is 8. The van der Waals surface area contributed by atoms with Gasteiger partial charge in [-0.2, -0.15) is 5.10 Å². The molecular weight excluding hydrogens is 307 g/mol. The summed E-state index contributed by atoms with van der Waals surface area (Å²) in [6.45, 7) is 4.01. The Morgan fingerprint density at radius 2 is 2.00 bits per heavy atom. The number of nitrogens with zero attached hydrogens (tertiary/aromatic N) is 2.